The molecule has 3 rings (SSSR count). The number of hydrogen-bond acceptors (Lipinski definition) is 4. The summed E-state index contributed by atoms with van der Waals surface area (Å²) >= 11 is 5.61. The molecule has 0 saturated carbocycles. The predicted octanol–water partition coefficient (Wildman–Crippen LogP) is 3.60. The number of carbonyl (C=O) groups excluding carboxylic acids is 1. The quantitative estimate of drug-likeness (QED) is 0.392. The number of alkyl halides is 3. The van der Waals surface area contributed by atoms with Crippen molar-refractivity contribution in [2.24, 2.45) is 4.99 Å². The minimum absolute atomic E-state index is 0.0358. The van der Waals surface area contributed by atoms with Gasteiger partial charge in [0.1, 0.15) is 11.5 Å². The Morgan fingerprint density at radius 2 is 2.00 bits per heavy atom. The van der Waals surface area contributed by atoms with Crippen molar-refractivity contribution >= 4 is 29.3 Å². The molecule has 1 aromatic carbocycles. The van der Waals surface area contributed by atoms with Crippen molar-refractivity contribution in [1.82, 2.24) is 15.5 Å². The molecule has 1 saturated heterocycles. The summed E-state index contributed by atoms with van der Waals surface area (Å²) in [6, 6.07) is 4.00. The van der Waals surface area contributed by atoms with E-state index in [2.05, 4.69) is 20.7 Å². The van der Waals surface area contributed by atoms with Crippen LogP contribution in [0.4, 0.5) is 23.4 Å². The van der Waals surface area contributed by atoms with E-state index in [1.165, 1.54) is 12.1 Å². The Morgan fingerprint density at radius 1 is 1.28 bits per heavy atom. The van der Waals surface area contributed by atoms with E-state index < -0.39 is 23.6 Å². The van der Waals surface area contributed by atoms with Gasteiger partial charge in [-0.3, -0.25) is 15.2 Å². The molecule has 1 aromatic heterocycles. The van der Waals surface area contributed by atoms with Gasteiger partial charge >= 0.3 is 6.18 Å². The van der Waals surface area contributed by atoms with Crippen molar-refractivity contribution in [1.29, 1.82) is 0 Å². The maximum absolute atomic E-state index is 13.6. The summed E-state index contributed by atoms with van der Waals surface area (Å²) in [5.41, 5.74) is -1.09. The number of nitrogens with zero attached hydrogens (tertiary/aromatic N) is 2. The normalized spacial score (nSPS) is 16.0. The van der Waals surface area contributed by atoms with Crippen LogP contribution in [0.1, 0.15) is 28.9 Å². The van der Waals surface area contributed by atoms with E-state index >= 15 is 0 Å². The molecule has 2 heterocycles. The molecular formula is C17H16ClF4N5O2. The lowest BCUT2D eigenvalue weighted by Crippen LogP contribution is -2.38. The molecule has 29 heavy (non-hydrogen) atoms. The van der Waals surface area contributed by atoms with Crippen LogP contribution in [0, 0.1) is 5.82 Å². The number of ether oxygens (including phenoxy) is 1. The number of benzene rings is 1. The average Bonchev–Trinajstić information content (AvgIpc) is 3.13. The Hall–Kier alpha value is -2.66. The van der Waals surface area contributed by atoms with E-state index in [1.807, 2.05) is 5.10 Å². The van der Waals surface area contributed by atoms with Crippen LogP contribution in [0.15, 0.2) is 29.3 Å². The predicted molar refractivity (Wildman–Crippen MR) is 97.4 cm³/mol. The Kier molecular flexibility index (Phi) is 6.38. The molecule has 0 radical (unpaired) electrons. The van der Waals surface area contributed by atoms with E-state index in [0.717, 1.165) is 12.1 Å². The number of aromatic amines is 1. The first-order valence-corrected chi connectivity index (χ1v) is 8.92. The zero-order valence-corrected chi connectivity index (χ0v) is 15.6. The Labute approximate surface area is 167 Å². The van der Waals surface area contributed by atoms with E-state index in [-0.39, 0.29) is 28.4 Å². The number of aliphatic imine (C=N–C) groups is 1. The minimum Gasteiger partial charge on any atom is -0.381 e. The van der Waals surface area contributed by atoms with Gasteiger partial charge < -0.3 is 10.1 Å². The molecular weight excluding hydrogens is 418 g/mol. The third-order valence-electron chi connectivity index (χ3n) is 4.05. The zero-order chi connectivity index (χ0) is 21.0. The monoisotopic (exact) mass is 433 g/mol. The van der Waals surface area contributed by atoms with Crippen LogP contribution in [0.5, 0.6) is 0 Å². The van der Waals surface area contributed by atoms with E-state index in [1.54, 1.807) is 0 Å². The van der Waals surface area contributed by atoms with Gasteiger partial charge in [-0.2, -0.15) is 18.3 Å². The van der Waals surface area contributed by atoms with Crippen molar-refractivity contribution in [2.75, 3.05) is 18.5 Å². The fraction of sp³-hybridized carbons (Fsp3) is 0.353. The second-order valence-corrected chi connectivity index (χ2v) is 6.60. The lowest BCUT2D eigenvalue weighted by Gasteiger charge is -2.20. The molecule has 7 nitrogen and oxygen atoms in total. The second kappa shape index (κ2) is 8.78. The van der Waals surface area contributed by atoms with Crippen LogP contribution in [-0.4, -0.2) is 41.3 Å². The van der Waals surface area contributed by atoms with Gasteiger partial charge in [0.25, 0.3) is 5.91 Å². The third-order valence-corrected chi connectivity index (χ3v) is 4.35. The van der Waals surface area contributed by atoms with Crippen LogP contribution in [-0.2, 0) is 10.9 Å². The molecule has 1 fully saturated rings. The van der Waals surface area contributed by atoms with Gasteiger partial charge in [0.15, 0.2) is 5.82 Å². The summed E-state index contributed by atoms with van der Waals surface area (Å²) in [6.45, 7) is 0.941. The largest absolute Gasteiger partial charge is 0.432 e. The number of rotatable bonds is 3. The number of aromatic nitrogens is 2. The molecule has 1 amide bonds. The highest BCUT2D eigenvalue weighted by atomic mass is 35.5. The number of nitrogens with one attached hydrogen (secondary N) is 3. The molecule has 1 aliphatic rings. The number of hydrogen-bond donors (Lipinski definition) is 3. The lowest BCUT2D eigenvalue weighted by atomic mass is 10.1. The Morgan fingerprint density at radius 3 is 2.62 bits per heavy atom. The lowest BCUT2D eigenvalue weighted by molar-refractivity contribution is -0.141. The third kappa shape index (κ3) is 5.67. The highest BCUT2D eigenvalue weighted by molar-refractivity contribution is 6.30. The number of guanidine groups is 1. The van der Waals surface area contributed by atoms with Crippen LogP contribution >= 0.6 is 11.6 Å². The molecule has 12 heteroatoms. The van der Waals surface area contributed by atoms with Crippen molar-refractivity contribution in [3.63, 3.8) is 0 Å². The molecule has 156 valence electrons. The number of amides is 1. The number of H-pyrrole nitrogens is 1. The summed E-state index contributed by atoms with van der Waals surface area (Å²) in [4.78, 5) is 16.8. The van der Waals surface area contributed by atoms with Gasteiger partial charge in [-0.1, -0.05) is 11.6 Å². The molecule has 3 N–H and O–H groups in total. The van der Waals surface area contributed by atoms with Gasteiger partial charge in [-0.15, -0.1) is 0 Å². The number of anilines is 1. The summed E-state index contributed by atoms with van der Waals surface area (Å²) < 4.78 is 57.1. The van der Waals surface area contributed by atoms with Crippen LogP contribution in [0.25, 0.3) is 0 Å². The van der Waals surface area contributed by atoms with Gasteiger partial charge in [0.05, 0.1) is 11.1 Å². The Bertz CT molecular complexity index is 909. The smallest absolute Gasteiger partial charge is 0.381 e. The number of halogens is 5. The highest BCUT2D eigenvalue weighted by Crippen LogP contribution is 2.28. The second-order valence-electron chi connectivity index (χ2n) is 6.19. The summed E-state index contributed by atoms with van der Waals surface area (Å²) in [5.74, 6) is -1.80. The molecule has 2 aromatic rings. The fourth-order valence-electron chi connectivity index (χ4n) is 2.56. The van der Waals surface area contributed by atoms with E-state index in [4.69, 9.17) is 16.3 Å². The average molecular weight is 434 g/mol. The van der Waals surface area contributed by atoms with Gasteiger partial charge in [-0.25, -0.2) is 9.38 Å². The summed E-state index contributed by atoms with van der Waals surface area (Å²) in [7, 11) is 0. The van der Waals surface area contributed by atoms with Gasteiger partial charge in [0, 0.05) is 24.8 Å². The topological polar surface area (TPSA) is 91.4 Å². The first kappa shape index (κ1) is 21.1. The maximum Gasteiger partial charge on any atom is 0.432 e. The summed E-state index contributed by atoms with van der Waals surface area (Å²) in [5, 5.41) is 10.2. The zero-order valence-electron chi connectivity index (χ0n) is 14.8. The van der Waals surface area contributed by atoms with E-state index in [0.29, 0.717) is 26.1 Å². The Balaban J connectivity index is 1.80. The van der Waals surface area contributed by atoms with Crippen LogP contribution in [0.2, 0.25) is 5.02 Å². The molecule has 0 atom stereocenters. The number of carbonyl (C=O) groups is 1. The van der Waals surface area contributed by atoms with Crippen molar-refractivity contribution in [3.05, 3.63) is 46.4 Å². The standard InChI is InChI=1S/C17H16ClF4N5O2/c18-11-2-1-9(7-12(11)19)15(28)25-16(23-10-3-5-29-6-4-10)24-14-8-13(26-27-14)17(20,21)22/h1-2,7-8,10H,3-6H2,(H3,23,24,25,26,27,28). The first-order valence-electron chi connectivity index (χ1n) is 8.54. The van der Waals surface area contributed by atoms with E-state index in [9.17, 15) is 22.4 Å². The van der Waals surface area contributed by atoms with Crippen LogP contribution in [0.3, 0.4) is 0 Å². The minimum atomic E-state index is -4.60. The van der Waals surface area contributed by atoms with Gasteiger partial charge in [0.2, 0.25) is 5.96 Å². The van der Waals surface area contributed by atoms with Crippen molar-refractivity contribution < 1.29 is 27.1 Å². The first-order chi connectivity index (χ1) is 13.7. The van der Waals surface area contributed by atoms with Gasteiger partial charge in [-0.05, 0) is 31.0 Å². The van der Waals surface area contributed by atoms with Crippen molar-refractivity contribution in [2.45, 2.75) is 25.1 Å². The summed E-state index contributed by atoms with van der Waals surface area (Å²) in [6.07, 6.45) is -3.45. The maximum atomic E-state index is 13.6. The molecule has 1 aliphatic heterocycles. The molecule has 0 aliphatic carbocycles. The molecule has 0 bridgehead atoms. The molecule has 0 unspecified atom stereocenters. The SMILES string of the molecule is O=C(NC(=NC1CCOCC1)Nc1cc(C(F)(F)F)[nH]n1)c1ccc(Cl)c(F)c1. The van der Waals surface area contributed by atoms with Crippen molar-refractivity contribution in [3.8, 4) is 0 Å². The fourth-order valence-corrected chi connectivity index (χ4v) is 2.68. The highest BCUT2D eigenvalue weighted by Gasteiger charge is 2.33. The molecule has 0 spiro atoms. The van der Waals surface area contributed by atoms with Crippen LogP contribution < -0.4 is 10.6 Å².